The molecule has 0 atom stereocenters. The van der Waals surface area contributed by atoms with E-state index < -0.39 is 10.5 Å². The number of likely N-dealkylation sites (tertiary alicyclic amines) is 1. The zero-order chi connectivity index (χ0) is 18.2. The van der Waals surface area contributed by atoms with E-state index >= 15 is 0 Å². The minimum atomic E-state index is -0.517. The Morgan fingerprint density at radius 3 is 2.68 bits per heavy atom. The van der Waals surface area contributed by atoms with E-state index in [-0.39, 0.29) is 17.7 Å². The molecular formula is C16H21N5O4. The van der Waals surface area contributed by atoms with Crippen LogP contribution in [0.3, 0.4) is 0 Å². The molecule has 2 aromatic rings. The molecule has 0 radical (unpaired) electrons. The Morgan fingerprint density at radius 1 is 1.40 bits per heavy atom. The van der Waals surface area contributed by atoms with E-state index in [1.807, 2.05) is 20.8 Å². The molecule has 1 aliphatic heterocycles. The van der Waals surface area contributed by atoms with Gasteiger partial charge in [-0.15, -0.1) is 0 Å². The summed E-state index contributed by atoms with van der Waals surface area (Å²) >= 11 is 0. The predicted octanol–water partition coefficient (Wildman–Crippen LogP) is 2.98. The predicted molar refractivity (Wildman–Crippen MR) is 90.3 cm³/mol. The molecule has 1 saturated heterocycles. The highest BCUT2D eigenvalue weighted by atomic mass is 16.6. The fraction of sp³-hybridized carbons (Fsp3) is 0.562. The van der Waals surface area contributed by atoms with Gasteiger partial charge in [0.05, 0.1) is 10.6 Å². The molecule has 3 rings (SSSR count). The van der Waals surface area contributed by atoms with Crippen molar-refractivity contribution in [3.63, 3.8) is 0 Å². The molecule has 0 spiro atoms. The Kier molecular flexibility index (Phi) is 4.32. The third-order valence-corrected chi connectivity index (χ3v) is 4.18. The molecule has 1 aliphatic rings. The number of ether oxygens (including phenoxy) is 1. The van der Waals surface area contributed by atoms with Gasteiger partial charge >= 0.3 is 6.09 Å². The number of rotatable bonds is 2. The maximum Gasteiger partial charge on any atom is 0.410 e. The van der Waals surface area contributed by atoms with Crippen molar-refractivity contribution < 1.29 is 14.5 Å². The summed E-state index contributed by atoms with van der Waals surface area (Å²) in [5.41, 5.74) is 0.739. The molecule has 9 nitrogen and oxygen atoms in total. The molecule has 1 fully saturated rings. The molecule has 25 heavy (non-hydrogen) atoms. The van der Waals surface area contributed by atoms with Gasteiger partial charge in [0.25, 0.3) is 5.69 Å². The average Bonchev–Trinajstić information content (AvgIpc) is 2.96. The van der Waals surface area contributed by atoms with E-state index in [0.717, 1.165) is 18.5 Å². The summed E-state index contributed by atoms with van der Waals surface area (Å²) in [5.74, 6) is 0.122. The van der Waals surface area contributed by atoms with Crippen molar-refractivity contribution in [2.45, 2.75) is 45.1 Å². The number of carbonyl (C=O) groups is 1. The summed E-state index contributed by atoms with van der Waals surface area (Å²) in [5, 5.41) is 18.8. The van der Waals surface area contributed by atoms with Crippen molar-refractivity contribution in [1.82, 2.24) is 20.1 Å². The van der Waals surface area contributed by atoms with Crippen LogP contribution in [0.25, 0.3) is 11.0 Å². The molecule has 0 bridgehead atoms. The Hall–Kier alpha value is -2.71. The molecule has 0 saturated carbocycles. The first-order valence-corrected chi connectivity index (χ1v) is 8.21. The van der Waals surface area contributed by atoms with E-state index in [1.165, 1.54) is 12.3 Å². The second-order valence-corrected chi connectivity index (χ2v) is 7.20. The summed E-state index contributed by atoms with van der Waals surface area (Å²) < 4.78 is 5.40. The number of hydrogen-bond donors (Lipinski definition) is 1. The highest BCUT2D eigenvalue weighted by molar-refractivity contribution is 5.80. The molecule has 3 heterocycles. The highest BCUT2D eigenvalue weighted by Crippen LogP contribution is 2.32. The lowest BCUT2D eigenvalue weighted by atomic mass is 9.92. The largest absolute Gasteiger partial charge is 0.444 e. The molecule has 1 N–H and O–H groups in total. The van der Waals surface area contributed by atoms with Gasteiger partial charge in [-0.3, -0.25) is 15.2 Å². The lowest BCUT2D eigenvalue weighted by molar-refractivity contribution is -0.385. The van der Waals surface area contributed by atoms with Gasteiger partial charge in [-0.05, 0) is 33.6 Å². The van der Waals surface area contributed by atoms with E-state index in [1.54, 1.807) is 4.90 Å². The molecule has 9 heteroatoms. The number of amides is 1. The Balaban J connectivity index is 1.73. The van der Waals surface area contributed by atoms with Crippen LogP contribution < -0.4 is 0 Å². The Morgan fingerprint density at radius 2 is 2.08 bits per heavy atom. The highest BCUT2D eigenvalue weighted by Gasteiger charge is 2.29. The van der Waals surface area contributed by atoms with Crippen molar-refractivity contribution in [1.29, 1.82) is 0 Å². The van der Waals surface area contributed by atoms with Crippen molar-refractivity contribution >= 4 is 22.8 Å². The monoisotopic (exact) mass is 347 g/mol. The van der Waals surface area contributed by atoms with Crippen LogP contribution in [0.5, 0.6) is 0 Å². The number of hydrogen-bond acceptors (Lipinski definition) is 6. The maximum absolute atomic E-state index is 12.1. The molecule has 134 valence electrons. The molecule has 1 amide bonds. The number of nitrogens with zero attached hydrogens (tertiary/aromatic N) is 4. The van der Waals surface area contributed by atoms with Crippen molar-refractivity contribution in [3.8, 4) is 0 Å². The number of H-pyrrole nitrogens is 1. The summed E-state index contributed by atoms with van der Waals surface area (Å²) in [6.07, 6.45) is 2.36. The lowest BCUT2D eigenvalue weighted by Gasteiger charge is -2.33. The molecule has 0 unspecified atom stereocenters. The third kappa shape index (κ3) is 3.70. The normalized spacial score (nSPS) is 16.2. The minimum Gasteiger partial charge on any atom is -0.444 e. The standard InChI is InChI=1S/C16H21N5O4/c1-16(2,3)25-15(22)20-6-4-10(5-7-20)13-12-8-11(21(23)24)9-17-14(12)19-18-13/h8-10H,4-7H2,1-3H3,(H,17,18,19). The Bertz CT molecular complexity index is 802. The molecule has 0 aromatic carbocycles. The number of carbonyl (C=O) groups excluding carboxylic acids is 1. The van der Waals surface area contributed by atoms with Gasteiger partial charge in [0.1, 0.15) is 11.8 Å². The van der Waals surface area contributed by atoms with E-state index in [9.17, 15) is 14.9 Å². The van der Waals surface area contributed by atoms with E-state index in [0.29, 0.717) is 24.1 Å². The number of nitro groups is 1. The minimum absolute atomic E-state index is 0.0543. The SMILES string of the molecule is CC(C)(C)OC(=O)N1CCC(c2n[nH]c3ncc([N+](=O)[O-])cc23)CC1. The van der Waals surface area contributed by atoms with Crippen LogP contribution in [0.2, 0.25) is 0 Å². The molecule has 0 aliphatic carbocycles. The average molecular weight is 347 g/mol. The van der Waals surface area contributed by atoms with E-state index in [2.05, 4.69) is 15.2 Å². The third-order valence-electron chi connectivity index (χ3n) is 4.18. The van der Waals surface area contributed by atoms with Gasteiger partial charge in [-0.1, -0.05) is 0 Å². The second-order valence-electron chi connectivity index (χ2n) is 7.20. The van der Waals surface area contributed by atoms with Gasteiger partial charge < -0.3 is 9.64 Å². The molecule has 2 aromatic heterocycles. The zero-order valence-electron chi connectivity index (χ0n) is 14.5. The van der Waals surface area contributed by atoms with E-state index in [4.69, 9.17) is 4.74 Å². The zero-order valence-corrected chi connectivity index (χ0v) is 14.5. The Labute approximate surface area is 144 Å². The fourth-order valence-corrected chi connectivity index (χ4v) is 2.98. The summed E-state index contributed by atoms with van der Waals surface area (Å²) in [7, 11) is 0. The van der Waals surface area contributed by atoms with Crippen LogP contribution in [0.15, 0.2) is 12.3 Å². The van der Waals surface area contributed by atoms with Gasteiger partial charge in [0.2, 0.25) is 0 Å². The summed E-state index contributed by atoms with van der Waals surface area (Å²) in [6, 6.07) is 1.50. The second kappa shape index (κ2) is 6.30. The quantitative estimate of drug-likeness (QED) is 0.660. The fourth-order valence-electron chi connectivity index (χ4n) is 2.98. The number of aromatic amines is 1. The first-order chi connectivity index (χ1) is 11.7. The number of piperidine rings is 1. The van der Waals surface area contributed by atoms with Crippen LogP contribution >= 0.6 is 0 Å². The van der Waals surface area contributed by atoms with Crippen LogP contribution in [-0.4, -0.2) is 49.8 Å². The smallest absolute Gasteiger partial charge is 0.410 e. The lowest BCUT2D eigenvalue weighted by Crippen LogP contribution is -2.41. The number of fused-ring (bicyclic) bond motifs is 1. The summed E-state index contributed by atoms with van der Waals surface area (Å²) in [6.45, 7) is 6.65. The van der Waals surface area contributed by atoms with Gasteiger partial charge in [0, 0.05) is 30.5 Å². The van der Waals surface area contributed by atoms with Crippen molar-refractivity contribution in [2.75, 3.05) is 13.1 Å². The maximum atomic E-state index is 12.1. The number of nitrogens with one attached hydrogen (secondary N) is 1. The number of pyridine rings is 1. The molecular weight excluding hydrogens is 326 g/mol. The van der Waals surface area contributed by atoms with Crippen LogP contribution in [0.1, 0.15) is 45.2 Å². The van der Waals surface area contributed by atoms with Crippen molar-refractivity contribution in [3.05, 3.63) is 28.1 Å². The van der Waals surface area contributed by atoms with Crippen LogP contribution in [0.4, 0.5) is 10.5 Å². The first-order valence-electron chi connectivity index (χ1n) is 8.21. The van der Waals surface area contributed by atoms with Crippen molar-refractivity contribution in [2.24, 2.45) is 0 Å². The topological polar surface area (TPSA) is 114 Å². The number of aromatic nitrogens is 3. The van der Waals surface area contributed by atoms with Crippen LogP contribution in [0, 0.1) is 10.1 Å². The first kappa shape index (κ1) is 17.1. The van der Waals surface area contributed by atoms with Crippen LogP contribution in [-0.2, 0) is 4.74 Å². The van der Waals surface area contributed by atoms with Gasteiger partial charge in [-0.25, -0.2) is 9.78 Å². The van der Waals surface area contributed by atoms with Gasteiger partial charge in [0.15, 0.2) is 5.65 Å². The van der Waals surface area contributed by atoms with Gasteiger partial charge in [-0.2, -0.15) is 5.10 Å². The summed E-state index contributed by atoms with van der Waals surface area (Å²) in [4.78, 5) is 28.4.